The third-order valence-electron chi connectivity index (χ3n) is 3.78. The van der Waals surface area contributed by atoms with Crippen molar-refractivity contribution in [2.45, 2.75) is 18.9 Å². The van der Waals surface area contributed by atoms with E-state index < -0.39 is 0 Å². The summed E-state index contributed by atoms with van der Waals surface area (Å²) in [7, 11) is 1.57. The fraction of sp³-hybridized carbons (Fsp3) is 0.600. The highest BCUT2D eigenvalue weighted by Gasteiger charge is 2.24. The van der Waals surface area contributed by atoms with Gasteiger partial charge >= 0.3 is 0 Å². The second-order valence-corrected chi connectivity index (χ2v) is 5.05. The average Bonchev–Trinajstić information content (AvgIpc) is 2.49. The van der Waals surface area contributed by atoms with Gasteiger partial charge in [-0.2, -0.15) is 0 Å². The molecule has 6 heteroatoms. The zero-order chi connectivity index (χ0) is 14.4. The molecule has 2 rings (SSSR count). The number of hydrogen-bond donors (Lipinski definition) is 2. The summed E-state index contributed by atoms with van der Waals surface area (Å²) in [5.74, 6) is 0.304. The number of benzene rings is 1. The van der Waals surface area contributed by atoms with Gasteiger partial charge in [0.1, 0.15) is 11.6 Å². The molecule has 1 aliphatic heterocycles. The Labute approximate surface area is 131 Å². The summed E-state index contributed by atoms with van der Waals surface area (Å²) in [4.78, 5) is 2.38. The highest BCUT2D eigenvalue weighted by atomic mass is 35.5. The van der Waals surface area contributed by atoms with E-state index in [0.29, 0.717) is 5.75 Å². The maximum absolute atomic E-state index is 13.3. The summed E-state index contributed by atoms with van der Waals surface area (Å²) in [6.45, 7) is 4.00. The van der Waals surface area contributed by atoms with Gasteiger partial charge in [-0.15, -0.1) is 12.4 Å². The molecule has 1 fully saturated rings. The van der Waals surface area contributed by atoms with Crippen LogP contribution in [0.5, 0.6) is 5.75 Å². The van der Waals surface area contributed by atoms with Crippen LogP contribution in [0.4, 0.5) is 4.39 Å². The Morgan fingerprint density at radius 2 is 2.10 bits per heavy atom. The lowest BCUT2D eigenvalue weighted by Gasteiger charge is -2.35. The largest absolute Gasteiger partial charge is 0.496 e. The molecule has 1 heterocycles. The van der Waals surface area contributed by atoms with Crippen molar-refractivity contribution in [2.24, 2.45) is 0 Å². The Morgan fingerprint density at radius 3 is 2.71 bits per heavy atom. The van der Waals surface area contributed by atoms with Crippen molar-refractivity contribution in [3.63, 3.8) is 0 Å². The van der Waals surface area contributed by atoms with E-state index >= 15 is 0 Å². The monoisotopic (exact) mass is 318 g/mol. The van der Waals surface area contributed by atoms with E-state index in [1.54, 1.807) is 13.2 Å². The van der Waals surface area contributed by atoms with Gasteiger partial charge in [0.25, 0.3) is 0 Å². The molecule has 0 spiro atoms. The zero-order valence-corrected chi connectivity index (χ0v) is 13.2. The van der Waals surface area contributed by atoms with Crippen molar-refractivity contribution in [1.82, 2.24) is 10.2 Å². The van der Waals surface area contributed by atoms with Crippen molar-refractivity contribution >= 4 is 12.4 Å². The first-order chi connectivity index (χ1) is 9.76. The average molecular weight is 319 g/mol. The van der Waals surface area contributed by atoms with E-state index in [1.165, 1.54) is 12.1 Å². The van der Waals surface area contributed by atoms with E-state index in [2.05, 4.69) is 10.2 Å². The normalized spacial score (nSPS) is 17.1. The van der Waals surface area contributed by atoms with E-state index in [4.69, 9.17) is 9.84 Å². The van der Waals surface area contributed by atoms with Crippen LogP contribution in [0.15, 0.2) is 18.2 Å². The van der Waals surface area contributed by atoms with Gasteiger partial charge in [-0.3, -0.25) is 4.90 Å². The minimum absolute atomic E-state index is 0. The van der Waals surface area contributed by atoms with Gasteiger partial charge in [0.2, 0.25) is 0 Å². The Morgan fingerprint density at radius 1 is 1.38 bits per heavy atom. The summed E-state index contributed by atoms with van der Waals surface area (Å²) in [6, 6.07) is 4.88. The van der Waals surface area contributed by atoms with Crippen LogP contribution >= 0.6 is 12.4 Å². The maximum Gasteiger partial charge on any atom is 0.126 e. The number of rotatable bonds is 6. The molecule has 120 valence electrons. The topological polar surface area (TPSA) is 44.7 Å². The molecule has 0 radical (unpaired) electrons. The van der Waals surface area contributed by atoms with E-state index in [9.17, 15) is 4.39 Å². The molecule has 1 atom stereocenters. The zero-order valence-electron chi connectivity index (χ0n) is 12.3. The molecule has 21 heavy (non-hydrogen) atoms. The van der Waals surface area contributed by atoms with Crippen molar-refractivity contribution in [2.75, 3.05) is 39.9 Å². The molecule has 0 aromatic heterocycles. The molecule has 1 aliphatic rings. The third kappa shape index (κ3) is 4.81. The minimum atomic E-state index is -0.285. The molecule has 0 amide bonds. The Bertz CT molecular complexity index is 428. The Kier molecular flexibility index (Phi) is 7.96. The fourth-order valence-electron chi connectivity index (χ4n) is 2.77. The van der Waals surface area contributed by atoms with Crippen molar-refractivity contribution in [3.05, 3.63) is 29.6 Å². The molecule has 1 saturated heterocycles. The predicted molar refractivity (Wildman–Crippen MR) is 83.7 cm³/mol. The number of aliphatic hydroxyl groups excluding tert-OH is 1. The highest BCUT2D eigenvalue weighted by molar-refractivity contribution is 5.85. The molecule has 1 aromatic carbocycles. The molecular formula is C15H24ClFN2O2. The summed E-state index contributed by atoms with van der Waals surface area (Å²) in [6.07, 6.45) is 1.58. The molecule has 1 aromatic rings. The lowest BCUT2D eigenvalue weighted by molar-refractivity contribution is 0.152. The van der Waals surface area contributed by atoms with Crippen LogP contribution in [0.1, 0.15) is 24.4 Å². The number of aliphatic hydroxyl groups is 1. The number of piperazine rings is 1. The quantitative estimate of drug-likeness (QED) is 0.842. The SMILES string of the molecule is COc1cc(F)ccc1[C@H](CCCO)N1CCNCC1.Cl. The third-order valence-corrected chi connectivity index (χ3v) is 3.78. The predicted octanol–water partition coefficient (Wildman–Crippen LogP) is 1.97. The summed E-state index contributed by atoms with van der Waals surface area (Å²) >= 11 is 0. The van der Waals surface area contributed by atoms with Crippen LogP contribution in [0.3, 0.4) is 0 Å². The molecule has 0 unspecified atom stereocenters. The van der Waals surface area contributed by atoms with Crippen LogP contribution in [-0.4, -0.2) is 49.9 Å². The van der Waals surface area contributed by atoms with Crippen molar-refractivity contribution in [1.29, 1.82) is 0 Å². The minimum Gasteiger partial charge on any atom is -0.496 e. The highest BCUT2D eigenvalue weighted by Crippen LogP contribution is 2.33. The van der Waals surface area contributed by atoms with Gasteiger partial charge in [-0.1, -0.05) is 6.07 Å². The molecule has 0 saturated carbocycles. The lowest BCUT2D eigenvalue weighted by atomic mass is 9.98. The van der Waals surface area contributed by atoms with Gasteiger partial charge in [0.15, 0.2) is 0 Å². The number of nitrogens with one attached hydrogen (secondary N) is 1. The van der Waals surface area contributed by atoms with Gasteiger partial charge in [-0.25, -0.2) is 4.39 Å². The van der Waals surface area contributed by atoms with Crippen molar-refractivity contribution < 1.29 is 14.2 Å². The smallest absolute Gasteiger partial charge is 0.126 e. The molecule has 2 N–H and O–H groups in total. The van der Waals surface area contributed by atoms with Crippen LogP contribution in [0.25, 0.3) is 0 Å². The van der Waals surface area contributed by atoms with E-state index in [-0.39, 0.29) is 30.9 Å². The molecule has 0 bridgehead atoms. The lowest BCUT2D eigenvalue weighted by Crippen LogP contribution is -2.45. The first kappa shape index (κ1) is 18.2. The van der Waals surface area contributed by atoms with Crippen LogP contribution in [-0.2, 0) is 0 Å². The first-order valence-electron chi connectivity index (χ1n) is 7.15. The van der Waals surface area contributed by atoms with Gasteiger partial charge < -0.3 is 15.2 Å². The number of halogens is 2. The Balaban J connectivity index is 0.00000220. The van der Waals surface area contributed by atoms with Gasteiger partial charge in [0, 0.05) is 50.5 Å². The van der Waals surface area contributed by atoms with Crippen LogP contribution in [0.2, 0.25) is 0 Å². The van der Waals surface area contributed by atoms with Crippen LogP contribution in [0, 0.1) is 5.82 Å². The number of hydrogen-bond acceptors (Lipinski definition) is 4. The van der Waals surface area contributed by atoms with E-state index in [0.717, 1.165) is 44.6 Å². The number of methoxy groups -OCH3 is 1. The fourth-order valence-corrected chi connectivity index (χ4v) is 2.77. The Hall–Kier alpha value is -0.880. The molecular weight excluding hydrogens is 295 g/mol. The molecule has 0 aliphatic carbocycles. The maximum atomic E-state index is 13.3. The second-order valence-electron chi connectivity index (χ2n) is 5.05. The summed E-state index contributed by atoms with van der Waals surface area (Å²) in [5.41, 5.74) is 1.00. The second kappa shape index (κ2) is 9.20. The number of nitrogens with zero attached hydrogens (tertiary/aromatic N) is 1. The van der Waals surface area contributed by atoms with Gasteiger partial charge in [-0.05, 0) is 18.9 Å². The summed E-state index contributed by atoms with van der Waals surface area (Å²) < 4.78 is 18.7. The van der Waals surface area contributed by atoms with Crippen molar-refractivity contribution in [3.8, 4) is 5.75 Å². The van der Waals surface area contributed by atoms with Gasteiger partial charge in [0.05, 0.1) is 7.11 Å². The molecule has 4 nitrogen and oxygen atoms in total. The first-order valence-corrected chi connectivity index (χ1v) is 7.15. The number of ether oxygens (including phenoxy) is 1. The van der Waals surface area contributed by atoms with E-state index in [1.807, 2.05) is 0 Å². The summed E-state index contributed by atoms with van der Waals surface area (Å²) in [5, 5.41) is 12.4. The van der Waals surface area contributed by atoms with Crippen LogP contribution < -0.4 is 10.1 Å². The standard InChI is InChI=1S/C15H23FN2O2.ClH/c1-20-15-11-12(16)4-5-13(15)14(3-2-10-19)18-8-6-17-7-9-18;/h4-5,11,14,17,19H,2-3,6-10H2,1H3;1H/t14-;/m0./s1.